The van der Waals surface area contributed by atoms with Crippen molar-refractivity contribution in [3.8, 4) is 11.4 Å². The number of nitrogens with one attached hydrogen (secondary N) is 2. The third kappa shape index (κ3) is 4.35. The molecule has 0 aliphatic heterocycles. The minimum atomic E-state index is -0.379. The fraction of sp³-hybridized carbons (Fsp3) is 0.158. The maximum atomic E-state index is 13.1. The van der Waals surface area contributed by atoms with Crippen molar-refractivity contribution in [1.29, 1.82) is 0 Å². The van der Waals surface area contributed by atoms with Crippen LogP contribution in [0.3, 0.4) is 0 Å². The molecule has 0 aliphatic carbocycles. The predicted octanol–water partition coefficient (Wildman–Crippen LogP) is 3.79. The second kappa shape index (κ2) is 8.05. The summed E-state index contributed by atoms with van der Waals surface area (Å²) >= 11 is 0.984. The highest BCUT2D eigenvalue weighted by Crippen LogP contribution is 2.32. The second-order valence-corrected chi connectivity index (χ2v) is 6.65. The number of aromatic nitrogens is 2. The van der Waals surface area contributed by atoms with E-state index in [1.807, 2.05) is 0 Å². The number of benzene rings is 1. The molecule has 3 rings (SSSR count). The van der Waals surface area contributed by atoms with Gasteiger partial charge in [0.1, 0.15) is 16.4 Å². The van der Waals surface area contributed by atoms with Gasteiger partial charge in [-0.3, -0.25) is 14.6 Å². The number of rotatable bonds is 5. The van der Waals surface area contributed by atoms with Gasteiger partial charge in [-0.15, -0.1) is 0 Å². The molecular weight excluding hydrogens is 367 g/mol. The Balaban J connectivity index is 1.88. The summed E-state index contributed by atoms with van der Waals surface area (Å²) < 4.78 is 17.4. The predicted molar refractivity (Wildman–Crippen MR) is 102 cm³/mol. The van der Waals surface area contributed by atoms with Crippen molar-refractivity contribution >= 4 is 29.0 Å². The van der Waals surface area contributed by atoms with Gasteiger partial charge >= 0.3 is 0 Å². The van der Waals surface area contributed by atoms with Gasteiger partial charge in [0.05, 0.1) is 17.4 Å². The molecule has 1 atom stereocenters. The van der Waals surface area contributed by atoms with E-state index in [1.165, 1.54) is 19.1 Å². The number of halogens is 1. The molecule has 6 nitrogen and oxygen atoms in total. The lowest BCUT2D eigenvalue weighted by Crippen LogP contribution is -2.27. The Morgan fingerprint density at radius 3 is 2.52 bits per heavy atom. The summed E-state index contributed by atoms with van der Waals surface area (Å²) in [6, 6.07) is 10.9. The van der Waals surface area contributed by atoms with E-state index in [4.69, 9.17) is 0 Å². The zero-order chi connectivity index (χ0) is 19.4. The molecule has 8 heteroatoms. The molecule has 27 heavy (non-hydrogen) atoms. The largest absolute Gasteiger partial charge is 0.345 e. The zero-order valence-corrected chi connectivity index (χ0v) is 15.5. The van der Waals surface area contributed by atoms with Gasteiger partial charge in [-0.25, -0.2) is 4.39 Å². The quantitative estimate of drug-likeness (QED) is 0.701. The van der Waals surface area contributed by atoms with Crippen molar-refractivity contribution in [2.45, 2.75) is 19.9 Å². The van der Waals surface area contributed by atoms with E-state index < -0.39 is 0 Å². The van der Waals surface area contributed by atoms with Crippen LogP contribution in [0.2, 0.25) is 0 Å². The van der Waals surface area contributed by atoms with Gasteiger partial charge in [-0.2, -0.15) is 4.37 Å². The normalized spacial score (nSPS) is 11.7. The van der Waals surface area contributed by atoms with Crippen LogP contribution in [0.5, 0.6) is 0 Å². The van der Waals surface area contributed by atoms with Crippen molar-refractivity contribution in [2.24, 2.45) is 0 Å². The molecule has 2 amide bonds. The topological polar surface area (TPSA) is 84.0 Å². The highest BCUT2D eigenvalue weighted by Gasteiger charge is 2.23. The minimum absolute atomic E-state index is 0.278. The summed E-state index contributed by atoms with van der Waals surface area (Å²) in [6.45, 7) is 3.16. The van der Waals surface area contributed by atoms with Crippen molar-refractivity contribution in [2.75, 3.05) is 5.32 Å². The minimum Gasteiger partial charge on any atom is -0.345 e. The Hall–Kier alpha value is -3.13. The number of amides is 2. The number of hydrogen-bond donors (Lipinski definition) is 2. The maximum Gasteiger partial charge on any atom is 0.265 e. The summed E-state index contributed by atoms with van der Waals surface area (Å²) in [7, 11) is 0. The van der Waals surface area contributed by atoms with Crippen LogP contribution in [0.15, 0.2) is 48.7 Å². The van der Waals surface area contributed by atoms with Gasteiger partial charge in [-0.05, 0) is 48.3 Å². The third-order valence-corrected chi connectivity index (χ3v) is 4.67. The number of pyridine rings is 1. The van der Waals surface area contributed by atoms with E-state index in [0.29, 0.717) is 17.1 Å². The lowest BCUT2D eigenvalue weighted by Gasteiger charge is -2.14. The molecule has 0 fully saturated rings. The molecule has 0 saturated carbocycles. The van der Waals surface area contributed by atoms with Crippen molar-refractivity contribution in [3.05, 3.63) is 64.9 Å². The Kier molecular flexibility index (Phi) is 5.56. The van der Waals surface area contributed by atoms with E-state index in [9.17, 15) is 14.0 Å². The van der Waals surface area contributed by atoms with Crippen LogP contribution in [0.1, 0.15) is 35.1 Å². The Labute approximate surface area is 159 Å². The van der Waals surface area contributed by atoms with Gasteiger partial charge in [-0.1, -0.05) is 18.2 Å². The molecular formula is C19H17FN4O2S. The summed E-state index contributed by atoms with van der Waals surface area (Å²) in [5.41, 5.74) is 2.09. The second-order valence-electron chi connectivity index (χ2n) is 5.88. The molecule has 2 aromatic heterocycles. The number of carbonyl (C=O) groups excluding carboxylic acids is 2. The van der Waals surface area contributed by atoms with E-state index in [-0.39, 0.29) is 28.6 Å². The highest BCUT2D eigenvalue weighted by molar-refractivity contribution is 7.09. The maximum absolute atomic E-state index is 13.1. The van der Waals surface area contributed by atoms with Crippen LogP contribution in [0.25, 0.3) is 11.4 Å². The van der Waals surface area contributed by atoms with Crippen LogP contribution in [0.4, 0.5) is 10.1 Å². The first-order chi connectivity index (χ1) is 13.0. The molecule has 3 aromatic rings. The van der Waals surface area contributed by atoms with Gasteiger partial charge in [0.2, 0.25) is 5.91 Å². The first-order valence-electron chi connectivity index (χ1n) is 8.20. The van der Waals surface area contributed by atoms with Gasteiger partial charge in [0.25, 0.3) is 5.91 Å². The third-order valence-electron chi connectivity index (χ3n) is 3.82. The molecule has 0 unspecified atom stereocenters. The molecule has 2 heterocycles. The highest BCUT2D eigenvalue weighted by atomic mass is 32.1. The van der Waals surface area contributed by atoms with Gasteiger partial charge in [0.15, 0.2) is 0 Å². The number of anilines is 1. The van der Waals surface area contributed by atoms with E-state index >= 15 is 0 Å². The molecule has 0 radical (unpaired) electrons. The van der Waals surface area contributed by atoms with E-state index in [1.54, 1.807) is 43.5 Å². The van der Waals surface area contributed by atoms with Crippen LogP contribution >= 0.6 is 11.5 Å². The molecule has 138 valence electrons. The van der Waals surface area contributed by atoms with Crippen molar-refractivity contribution in [1.82, 2.24) is 14.7 Å². The summed E-state index contributed by atoms with van der Waals surface area (Å²) in [5.74, 6) is -1.03. The molecule has 0 spiro atoms. The Bertz CT molecular complexity index is 958. The number of nitrogens with zero attached hydrogens (tertiary/aromatic N) is 2. The average molecular weight is 384 g/mol. The monoisotopic (exact) mass is 384 g/mol. The van der Waals surface area contributed by atoms with Crippen LogP contribution in [-0.4, -0.2) is 21.2 Å². The molecule has 1 aromatic carbocycles. The molecule has 0 aliphatic rings. The smallest absolute Gasteiger partial charge is 0.265 e. The van der Waals surface area contributed by atoms with Crippen molar-refractivity contribution in [3.63, 3.8) is 0 Å². The van der Waals surface area contributed by atoms with E-state index in [2.05, 4.69) is 20.0 Å². The first kappa shape index (κ1) is 18.7. The molecule has 0 saturated heterocycles. The standard InChI is InChI=1S/C19H17FN4O2S/c1-11(13-6-8-14(20)9-7-13)22-19(26)18-17(23-12(2)25)16(24-27-18)15-5-3-4-10-21-15/h3-11H,1-2H3,(H,22,26)(H,23,25)/t11-/m0/s1. The average Bonchev–Trinajstić information content (AvgIpc) is 3.06. The van der Waals surface area contributed by atoms with Gasteiger partial charge in [0, 0.05) is 13.1 Å². The lowest BCUT2D eigenvalue weighted by molar-refractivity contribution is -0.114. The Morgan fingerprint density at radius 1 is 1.15 bits per heavy atom. The van der Waals surface area contributed by atoms with E-state index in [0.717, 1.165) is 17.1 Å². The first-order valence-corrected chi connectivity index (χ1v) is 8.98. The fourth-order valence-corrected chi connectivity index (χ4v) is 3.26. The fourth-order valence-electron chi connectivity index (χ4n) is 2.51. The molecule has 2 N–H and O–H groups in total. The summed E-state index contributed by atoms with van der Waals surface area (Å²) in [6.07, 6.45) is 1.61. The zero-order valence-electron chi connectivity index (χ0n) is 14.7. The van der Waals surface area contributed by atoms with Crippen LogP contribution in [-0.2, 0) is 4.79 Å². The summed E-state index contributed by atoms with van der Waals surface area (Å²) in [5, 5.41) is 5.53. The lowest BCUT2D eigenvalue weighted by atomic mass is 10.1. The van der Waals surface area contributed by atoms with Crippen LogP contribution < -0.4 is 10.6 Å². The van der Waals surface area contributed by atoms with Crippen molar-refractivity contribution < 1.29 is 14.0 Å². The summed E-state index contributed by atoms with van der Waals surface area (Å²) in [4.78, 5) is 28.9. The van der Waals surface area contributed by atoms with Gasteiger partial charge < -0.3 is 10.6 Å². The Morgan fingerprint density at radius 2 is 1.89 bits per heavy atom. The molecule has 0 bridgehead atoms. The number of carbonyl (C=O) groups is 2. The SMILES string of the molecule is CC(=O)Nc1c(-c2ccccn2)nsc1C(=O)N[C@@H](C)c1ccc(F)cc1. The number of hydrogen-bond acceptors (Lipinski definition) is 5. The van der Waals surface area contributed by atoms with Crippen LogP contribution in [0, 0.1) is 5.82 Å².